The zero-order valence-electron chi connectivity index (χ0n) is 24.0. The van der Waals surface area contributed by atoms with Crippen LogP contribution >= 0.6 is 0 Å². The molecule has 0 spiro atoms. The van der Waals surface area contributed by atoms with Gasteiger partial charge in [-0.25, -0.2) is 9.59 Å². The predicted molar refractivity (Wildman–Crippen MR) is 139 cm³/mol. The van der Waals surface area contributed by atoms with Crippen molar-refractivity contribution in [1.29, 1.82) is 0 Å². The van der Waals surface area contributed by atoms with Crippen molar-refractivity contribution in [2.24, 2.45) is 5.92 Å². The number of rotatable bonds is 5. The van der Waals surface area contributed by atoms with Crippen LogP contribution in [0.3, 0.4) is 0 Å². The number of carbonyl (C=O) groups excluding carboxylic acids is 2. The molecule has 0 bridgehead atoms. The Labute approximate surface area is 246 Å². The molecule has 0 radical (unpaired) electrons. The lowest BCUT2D eigenvalue weighted by molar-refractivity contribution is -0.143. The summed E-state index contributed by atoms with van der Waals surface area (Å²) in [6, 6.07) is 0.666. The van der Waals surface area contributed by atoms with Gasteiger partial charge in [-0.05, 0) is 93.0 Å². The first-order valence-corrected chi connectivity index (χ1v) is 13.6. The van der Waals surface area contributed by atoms with Gasteiger partial charge in [-0.3, -0.25) is 9.80 Å². The van der Waals surface area contributed by atoms with E-state index in [1.165, 1.54) is 11.8 Å². The number of hydrogen-bond donors (Lipinski definition) is 0. The Morgan fingerprint density at radius 3 is 1.93 bits per heavy atom. The van der Waals surface area contributed by atoms with E-state index in [1.54, 1.807) is 13.8 Å². The van der Waals surface area contributed by atoms with Gasteiger partial charge in [0.1, 0.15) is 0 Å². The van der Waals surface area contributed by atoms with Gasteiger partial charge in [-0.15, -0.1) is 0 Å². The number of aryl methyl sites for hydroxylation is 1. The fourth-order valence-electron chi connectivity index (χ4n) is 5.53. The van der Waals surface area contributed by atoms with Crippen molar-refractivity contribution in [3.8, 4) is 0 Å². The standard InChI is InChI=1S/C29H29F9N2O4/c1-14(2)44-26(42)40-22(17-5-6-17)12-23(20-11-21(29(36,37)38)15(3)7-24(20)40)39(25(41)43-4)13-16-8-18(27(30,31)32)10-19(9-16)28(33,34)35/h7-11,14,17,22-23H,5-6,12-13H2,1-4H3. The van der Waals surface area contributed by atoms with Gasteiger partial charge in [-0.2, -0.15) is 39.5 Å². The molecule has 15 heteroatoms. The molecule has 2 aromatic carbocycles. The minimum absolute atomic E-state index is 0.0109. The maximum atomic E-state index is 14.0. The monoisotopic (exact) mass is 640 g/mol. The van der Waals surface area contributed by atoms with Crippen LogP contribution in [0, 0.1) is 12.8 Å². The number of halogens is 9. The highest BCUT2D eigenvalue weighted by molar-refractivity contribution is 5.91. The first-order chi connectivity index (χ1) is 20.2. The van der Waals surface area contributed by atoms with Crippen LogP contribution in [0.4, 0.5) is 54.8 Å². The molecule has 4 rings (SSSR count). The van der Waals surface area contributed by atoms with Gasteiger partial charge in [0.2, 0.25) is 0 Å². The van der Waals surface area contributed by atoms with E-state index in [-0.39, 0.29) is 35.2 Å². The molecule has 2 aliphatic rings. The molecule has 2 atom stereocenters. The molecular weight excluding hydrogens is 611 g/mol. The van der Waals surface area contributed by atoms with Crippen LogP contribution < -0.4 is 4.90 Å². The van der Waals surface area contributed by atoms with Crippen molar-refractivity contribution in [3.05, 3.63) is 63.7 Å². The van der Waals surface area contributed by atoms with E-state index in [4.69, 9.17) is 9.47 Å². The molecule has 2 unspecified atom stereocenters. The molecule has 1 heterocycles. The predicted octanol–water partition coefficient (Wildman–Crippen LogP) is 8.89. The molecule has 2 aromatic rings. The van der Waals surface area contributed by atoms with E-state index < -0.39 is 77.7 Å². The Morgan fingerprint density at radius 2 is 1.48 bits per heavy atom. The number of methoxy groups -OCH3 is 1. The Bertz CT molecular complexity index is 1380. The largest absolute Gasteiger partial charge is 0.453 e. The van der Waals surface area contributed by atoms with Gasteiger partial charge in [0, 0.05) is 12.6 Å². The average Bonchev–Trinajstić information content (AvgIpc) is 3.73. The zero-order chi connectivity index (χ0) is 32.9. The number of fused-ring (bicyclic) bond motifs is 1. The summed E-state index contributed by atoms with van der Waals surface area (Å²) in [5, 5.41) is 0. The number of benzene rings is 2. The third-order valence-corrected chi connectivity index (χ3v) is 7.58. The van der Waals surface area contributed by atoms with Gasteiger partial charge < -0.3 is 9.47 Å². The summed E-state index contributed by atoms with van der Waals surface area (Å²) in [4.78, 5) is 28.4. The molecular formula is C29H29F9N2O4. The van der Waals surface area contributed by atoms with Crippen molar-refractivity contribution in [3.63, 3.8) is 0 Å². The maximum absolute atomic E-state index is 14.0. The van der Waals surface area contributed by atoms with E-state index in [0.29, 0.717) is 25.0 Å². The van der Waals surface area contributed by atoms with Crippen molar-refractivity contribution < 1.29 is 58.6 Å². The van der Waals surface area contributed by atoms with Crippen LogP contribution in [-0.2, 0) is 34.5 Å². The molecule has 1 aliphatic carbocycles. The lowest BCUT2D eigenvalue weighted by Gasteiger charge is -2.44. The molecule has 0 aromatic heterocycles. The summed E-state index contributed by atoms with van der Waals surface area (Å²) < 4.78 is 134. The fraction of sp³-hybridized carbons (Fsp3) is 0.517. The van der Waals surface area contributed by atoms with Crippen LogP contribution in [0.5, 0.6) is 0 Å². The second-order valence-corrected chi connectivity index (χ2v) is 11.2. The SMILES string of the molecule is COC(=O)N(Cc1cc(C(F)(F)F)cc(C(F)(F)F)c1)C1CC(C2CC2)N(C(=O)OC(C)C)c2cc(C)c(C(F)(F)F)cc21. The molecule has 1 fully saturated rings. The van der Waals surface area contributed by atoms with Crippen LogP contribution in [0.1, 0.15) is 72.5 Å². The minimum atomic E-state index is -5.17. The summed E-state index contributed by atoms with van der Waals surface area (Å²) in [5.41, 5.74) is -5.35. The highest BCUT2D eigenvalue weighted by Crippen LogP contribution is 2.51. The van der Waals surface area contributed by atoms with Crippen LogP contribution in [0.15, 0.2) is 30.3 Å². The van der Waals surface area contributed by atoms with Crippen molar-refractivity contribution in [1.82, 2.24) is 4.90 Å². The van der Waals surface area contributed by atoms with Crippen LogP contribution in [0.25, 0.3) is 0 Å². The average molecular weight is 641 g/mol. The second-order valence-electron chi connectivity index (χ2n) is 11.2. The van der Waals surface area contributed by atoms with Gasteiger partial charge in [0.15, 0.2) is 0 Å². The Kier molecular flexibility index (Phi) is 8.84. The Morgan fingerprint density at radius 1 is 0.909 bits per heavy atom. The number of alkyl halides is 9. The van der Waals surface area contributed by atoms with Gasteiger partial charge >= 0.3 is 30.7 Å². The van der Waals surface area contributed by atoms with Crippen molar-refractivity contribution in [2.45, 2.75) is 83.3 Å². The number of hydrogen-bond acceptors (Lipinski definition) is 4. The normalized spacial score (nSPS) is 19.1. The first-order valence-electron chi connectivity index (χ1n) is 13.6. The minimum Gasteiger partial charge on any atom is -0.453 e. The van der Waals surface area contributed by atoms with E-state index in [9.17, 15) is 49.1 Å². The molecule has 0 saturated heterocycles. The van der Waals surface area contributed by atoms with E-state index in [2.05, 4.69) is 0 Å². The summed E-state index contributed by atoms with van der Waals surface area (Å²) in [7, 11) is 0.924. The van der Waals surface area contributed by atoms with Crippen molar-refractivity contribution in [2.75, 3.05) is 12.0 Å². The number of anilines is 1. The summed E-state index contributed by atoms with van der Waals surface area (Å²) in [6.07, 6.45) is -16.7. The van der Waals surface area contributed by atoms with E-state index >= 15 is 0 Å². The number of ether oxygens (including phenoxy) is 2. The number of nitrogens with zero attached hydrogens (tertiary/aromatic N) is 2. The van der Waals surface area contributed by atoms with Gasteiger partial charge in [-0.1, -0.05) is 0 Å². The van der Waals surface area contributed by atoms with Crippen LogP contribution in [0.2, 0.25) is 0 Å². The molecule has 1 aliphatic heterocycles. The maximum Gasteiger partial charge on any atom is 0.416 e. The Balaban J connectivity index is 1.92. The Hall–Kier alpha value is -3.65. The quantitative estimate of drug-likeness (QED) is 0.307. The molecule has 1 saturated carbocycles. The van der Waals surface area contributed by atoms with E-state index in [1.807, 2.05) is 0 Å². The molecule has 0 N–H and O–H groups in total. The summed E-state index contributed by atoms with van der Waals surface area (Å²) in [6.45, 7) is 3.48. The smallest absolute Gasteiger partial charge is 0.416 e. The summed E-state index contributed by atoms with van der Waals surface area (Å²) >= 11 is 0. The van der Waals surface area contributed by atoms with E-state index in [0.717, 1.165) is 24.1 Å². The third-order valence-electron chi connectivity index (χ3n) is 7.58. The lowest BCUT2D eigenvalue weighted by Crippen LogP contribution is -2.50. The van der Waals surface area contributed by atoms with Crippen molar-refractivity contribution >= 4 is 17.9 Å². The van der Waals surface area contributed by atoms with Crippen LogP contribution in [-0.4, -0.2) is 36.3 Å². The summed E-state index contributed by atoms with van der Waals surface area (Å²) in [5.74, 6) is -0.141. The number of amides is 2. The lowest BCUT2D eigenvalue weighted by atomic mass is 9.85. The third kappa shape index (κ3) is 7.01. The topological polar surface area (TPSA) is 59.1 Å². The highest BCUT2D eigenvalue weighted by Gasteiger charge is 2.48. The molecule has 44 heavy (non-hydrogen) atoms. The number of carbonyl (C=O) groups is 2. The second kappa shape index (κ2) is 11.7. The molecule has 242 valence electrons. The molecule has 2 amide bonds. The molecule has 6 nitrogen and oxygen atoms in total. The first kappa shape index (κ1) is 33.2. The van der Waals surface area contributed by atoms with Gasteiger partial charge in [0.05, 0.1) is 41.6 Å². The fourth-order valence-corrected chi connectivity index (χ4v) is 5.53. The zero-order valence-corrected chi connectivity index (χ0v) is 24.0. The highest BCUT2D eigenvalue weighted by atomic mass is 19.4. The van der Waals surface area contributed by atoms with Gasteiger partial charge in [0.25, 0.3) is 0 Å².